The highest BCUT2D eigenvalue weighted by molar-refractivity contribution is 5.43. The van der Waals surface area contributed by atoms with Gasteiger partial charge in [-0.25, -0.2) is 0 Å². The van der Waals surface area contributed by atoms with E-state index >= 15 is 0 Å². The second-order valence-electron chi connectivity index (χ2n) is 4.35. The molecule has 0 fully saturated rings. The number of hydrogen-bond acceptors (Lipinski definition) is 4. The first-order valence-electron chi connectivity index (χ1n) is 5.73. The van der Waals surface area contributed by atoms with Gasteiger partial charge in [-0.15, -0.1) is 0 Å². The van der Waals surface area contributed by atoms with E-state index in [1.54, 1.807) is 7.11 Å². The molecule has 4 nitrogen and oxygen atoms in total. The Morgan fingerprint density at radius 2 is 2.12 bits per heavy atom. The summed E-state index contributed by atoms with van der Waals surface area (Å²) in [5.74, 6) is 0.781. The lowest BCUT2D eigenvalue weighted by Crippen LogP contribution is -2.18. The van der Waals surface area contributed by atoms with Gasteiger partial charge in [0.05, 0.1) is 13.2 Å². The van der Waals surface area contributed by atoms with Crippen molar-refractivity contribution in [2.45, 2.75) is 12.6 Å². The molecule has 0 aliphatic heterocycles. The second-order valence-corrected chi connectivity index (χ2v) is 4.35. The van der Waals surface area contributed by atoms with Crippen molar-refractivity contribution in [3.05, 3.63) is 29.3 Å². The van der Waals surface area contributed by atoms with Crippen LogP contribution in [-0.2, 0) is 6.54 Å². The Bertz CT molecular complexity index is 353. The molecule has 4 heteroatoms. The van der Waals surface area contributed by atoms with Crippen LogP contribution in [0, 0.1) is 0 Å². The fraction of sp³-hybridized carbons (Fsp3) is 0.538. The van der Waals surface area contributed by atoms with E-state index in [2.05, 4.69) is 10.2 Å². The Kier molecular flexibility index (Phi) is 5.41. The molecule has 0 aliphatic rings. The number of aliphatic hydroxyl groups is 1. The normalized spacial score (nSPS) is 12.8. The molecule has 0 amide bonds. The zero-order chi connectivity index (χ0) is 12.8. The minimum absolute atomic E-state index is 0.516. The number of rotatable bonds is 6. The van der Waals surface area contributed by atoms with E-state index in [1.807, 2.05) is 39.3 Å². The molecule has 0 aromatic heterocycles. The molecule has 1 unspecified atom stereocenters. The molecule has 0 aliphatic carbocycles. The van der Waals surface area contributed by atoms with E-state index < -0.39 is 6.10 Å². The molecular formula is C13H22N2O2. The number of benzene rings is 1. The highest BCUT2D eigenvalue weighted by atomic mass is 16.5. The van der Waals surface area contributed by atoms with Gasteiger partial charge >= 0.3 is 0 Å². The van der Waals surface area contributed by atoms with Gasteiger partial charge < -0.3 is 20.1 Å². The molecule has 1 rings (SSSR count). The van der Waals surface area contributed by atoms with Crippen molar-refractivity contribution in [1.29, 1.82) is 0 Å². The summed E-state index contributed by atoms with van der Waals surface area (Å²) in [5, 5.41) is 13.0. The van der Waals surface area contributed by atoms with Gasteiger partial charge in [0.15, 0.2) is 0 Å². The van der Waals surface area contributed by atoms with Gasteiger partial charge in [0.1, 0.15) is 5.75 Å². The van der Waals surface area contributed by atoms with Crippen LogP contribution in [0.1, 0.15) is 17.2 Å². The number of ether oxygens (including phenoxy) is 1. The molecule has 1 atom stereocenters. The zero-order valence-electron chi connectivity index (χ0n) is 11.0. The summed E-state index contributed by atoms with van der Waals surface area (Å²) >= 11 is 0. The van der Waals surface area contributed by atoms with Crippen LogP contribution in [0.4, 0.5) is 0 Å². The van der Waals surface area contributed by atoms with E-state index in [-0.39, 0.29) is 0 Å². The molecular weight excluding hydrogens is 216 g/mol. The van der Waals surface area contributed by atoms with Crippen LogP contribution in [0.3, 0.4) is 0 Å². The summed E-state index contributed by atoms with van der Waals surface area (Å²) in [7, 11) is 7.48. The average Bonchev–Trinajstić information content (AvgIpc) is 2.28. The lowest BCUT2D eigenvalue weighted by molar-refractivity contribution is 0.173. The average molecular weight is 238 g/mol. The quantitative estimate of drug-likeness (QED) is 0.776. The van der Waals surface area contributed by atoms with Crippen molar-refractivity contribution < 1.29 is 9.84 Å². The lowest BCUT2D eigenvalue weighted by Gasteiger charge is -2.19. The van der Waals surface area contributed by atoms with Crippen molar-refractivity contribution in [3.8, 4) is 5.75 Å². The highest BCUT2D eigenvalue weighted by Crippen LogP contribution is 2.29. The van der Waals surface area contributed by atoms with Crippen molar-refractivity contribution in [3.63, 3.8) is 0 Å². The van der Waals surface area contributed by atoms with Crippen LogP contribution >= 0.6 is 0 Å². The predicted molar refractivity (Wildman–Crippen MR) is 69.3 cm³/mol. The lowest BCUT2D eigenvalue weighted by atomic mass is 10.0. The molecule has 0 bridgehead atoms. The largest absolute Gasteiger partial charge is 0.496 e. The number of nitrogens with one attached hydrogen (secondary N) is 1. The maximum Gasteiger partial charge on any atom is 0.129 e. The Morgan fingerprint density at radius 1 is 1.41 bits per heavy atom. The first-order valence-corrected chi connectivity index (χ1v) is 5.73. The zero-order valence-corrected chi connectivity index (χ0v) is 11.0. The smallest absolute Gasteiger partial charge is 0.129 e. The van der Waals surface area contributed by atoms with Crippen molar-refractivity contribution >= 4 is 0 Å². The van der Waals surface area contributed by atoms with Gasteiger partial charge in [0.25, 0.3) is 0 Å². The Morgan fingerprint density at radius 3 is 2.65 bits per heavy atom. The van der Waals surface area contributed by atoms with Gasteiger partial charge in [-0.05, 0) is 21.1 Å². The number of para-hydroxylation sites is 1. The third-order valence-electron chi connectivity index (χ3n) is 2.57. The number of methoxy groups -OCH3 is 1. The minimum atomic E-state index is -0.544. The monoisotopic (exact) mass is 238 g/mol. The summed E-state index contributed by atoms with van der Waals surface area (Å²) in [6.07, 6.45) is -0.544. The van der Waals surface area contributed by atoms with Crippen LogP contribution in [0.5, 0.6) is 5.75 Å². The Hall–Kier alpha value is -1.10. The first kappa shape index (κ1) is 14.0. The van der Waals surface area contributed by atoms with Crippen LogP contribution in [0.15, 0.2) is 18.2 Å². The molecule has 0 spiro atoms. The number of likely N-dealkylation sites (N-methyl/N-ethyl adjacent to an activating group) is 1. The third kappa shape index (κ3) is 3.70. The molecule has 96 valence electrons. The predicted octanol–water partition coefficient (Wildman–Crippen LogP) is 1.01. The third-order valence-corrected chi connectivity index (χ3v) is 2.57. The van der Waals surface area contributed by atoms with Gasteiger partial charge in [-0.1, -0.05) is 18.2 Å². The summed E-state index contributed by atoms with van der Waals surface area (Å²) < 4.78 is 5.43. The molecule has 0 radical (unpaired) electrons. The molecule has 0 heterocycles. The fourth-order valence-corrected chi connectivity index (χ4v) is 1.88. The molecule has 1 aromatic rings. The Labute approximate surface area is 103 Å². The van der Waals surface area contributed by atoms with Gasteiger partial charge in [0.2, 0.25) is 0 Å². The topological polar surface area (TPSA) is 44.7 Å². The van der Waals surface area contributed by atoms with Crippen LogP contribution < -0.4 is 10.1 Å². The summed E-state index contributed by atoms with van der Waals surface area (Å²) in [6, 6.07) is 5.88. The maximum absolute atomic E-state index is 10.0. The van der Waals surface area contributed by atoms with E-state index in [9.17, 15) is 5.11 Å². The molecule has 1 aromatic carbocycles. The molecule has 17 heavy (non-hydrogen) atoms. The van der Waals surface area contributed by atoms with Crippen LogP contribution in [0.2, 0.25) is 0 Å². The molecule has 0 saturated heterocycles. The first-order chi connectivity index (χ1) is 8.10. The molecule has 2 N–H and O–H groups in total. The summed E-state index contributed by atoms with van der Waals surface area (Å²) in [4.78, 5) is 2.08. The second kappa shape index (κ2) is 6.59. The number of nitrogens with zero attached hydrogens (tertiary/aromatic N) is 1. The fourth-order valence-electron chi connectivity index (χ4n) is 1.88. The van der Waals surface area contributed by atoms with E-state index in [1.165, 1.54) is 0 Å². The van der Waals surface area contributed by atoms with Gasteiger partial charge in [-0.2, -0.15) is 0 Å². The van der Waals surface area contributed by atoms with Crippen LogP contribution in [0.25, 0.3) is 0 Å². The highest BCUT2D eigenvalue weighted by Gasteiger charge is 2.15. The van der Waals surface area contributed by atoms with Gasteiger partial charge in [-0.3, -0.25) is 0 Å². The standard InChI is InChI=1S/C13H22N2O2/c1-14-8-12(16)11-7-5-6-10(9-15(2)3)13(11)17-4/h5-7,12,14,16H,8-9H2,1-4H3. The van der Waals surface area contributed by atoms with Crippen molar-refractivity contribution in [2.24, 2.45) is 0 Å². The van der Waals surface area contributed by atoms with E-state index in [4.69, 9.17) is 4.74 Å². The molecule has 0 saturated carbocycles. The Balaban J connectivity index is 3.04. The SMILES string of the molecule is CNCC(O)c1cccc(CN(C)C)c1OC. The summed E-state index contributed by atoms with van der Waals surface area (Å²) in [6.45, 7) is 1.31. The van der Waals surface area contributed by atoms with E-state index in [0.717, 1.165) is 23.4 Å². The number of aliphatic hydroxyl groups excluding tert-OH is 1. The van der Waals surface area contributed by atoms with Crippen molar-refractivity contribution in [1.82, 2.24) is 10.2 Å². The maximum atomic E-state index is 10.0. The van der Waals surface area contributed by atoms with Gasteiger partial charge in [0, 0.05) is 24.2 Å². The minimum Gasteiger partial charge on any atom is -0.496 e. The summed E-state index contributed by atoms with van der Waals surface area (Å²) in [5.41, 5.74) is 1.92. The number of hydrogen-bond donors (Lipinski definition) is 2. The van der Waals surface area contributed by atoms with Crippen LogP contribution in [-0.4, -0.2) is 44.8 Å². The van der Waals surface area contributed by atoms with Crippen molar-refractivity contribution in [2.75, 3.05) is 34.8 Å². The van der Waals surface area contributed by atoms with E-state index in [0.29, 0.717) is 6.54 Å².